The first-order valence-electron chi connectivity index (χ1n) is 6.29. The largest absolute Gasteiger partial charge is 0.381 e. The molecule has 18 heavy (non-hydrogen) atoms. The van der Waals surface area contributed by atoms with Gasteiger partial charge < -0.3 is 11.1 Å². The minimum Gasteiger partial charge on any atom is -0.381 e. The quantitative estimate of drug-likeness (QED) is 0.858. The predicted molar refractivity (Wildman–Crippen MR) is 70.6 cm³/mol. The summed E-state index contributed by atoms with van der Waals surface area (Å²) in [7, 11) is 0. The van der Waals surface area contributed by atoms with Gasteiger partial charge in [-0.25, -0.2) is 9.67 Å². The van der Waals surface area contributed by atoms with Gasteiger partial charge in [-0.1, -0.05) is 0 Å². The summed E-state index contributed by atoms with van der Waals surface area (Å²) >= 11 is 0. The molecule has 3 N–H and O–H groups in total. The van der Waals surface area contributed by atoms with Crippen molar-refractivity contribution in [3.63, 3.8) is 0 Å². The molecule has 1 aliphatic rings. The minimum atomic E-state index is 0.346. The Kier molecular flexibility index (Phi) is 2.98. The Bertz CT molecular complexity index is 491. The Labute approximate surface area is 106 Å². The molecule has 5 heteroatoms. The number of hydrogen-bond donors (Lipinski definition) is 2. The smallest absolute Gasteiger partial charge is 0.153 e. The van der Waals surface area contributed by atoms with Crippen molar-refractivity contribution >= 4 is 5.69 Å². The lowest BCUT2D eigenvalue weighted by Crippen LogP contribution is -2.20. The van der Waals surface area contributed by atoms with Crippen LogP contribution in [0.3, 0.4) is 0 Å². The van der Waals surface area contributed by atoms with E-state index in [4.69, 9.17) is 5.73 Å². The van der Waals surface area contributed by atoms with E-state index in [0.717, 1.165) is 30.8 Å². The highest BCUT2D eigenvalue weighted by Gasteiger charge is 2.21. The molecule has 1 saturated carbocycles. The third-order valence-corrected chi connectivity index (χ3v) is 3.33. The summed E-state index contributed by atoms with van der Waals surface area (Å²) in [6.45, 7) is 0. The van der Waals surface area contributed by atoms with E-state index in [0.29, 0.717) is 12.1 Å². The SMILES string of the molecule is NC1CCC(Nc2ccc(-n3cccn3)nc2)C1. The van der Waals surface area contributed by atoms with Gasteiger partial charge in [0, 0.05) is 24.5 Å². The fourth-order valence-corrected chi connectivity index (χ4v) is 2.39. The zero-order chi connectivity index (χ0) is 12.4. The van der Waals surface area contributed by atoms with Crippen molar-refractivity contribution < 1.29 is 0 Å². The van der Waals surface area contributed by atoms with Crippen LogP contribution in [0.4, 0.5) is 5.69 Å². The molecule has 2 aromatic rings. The number of rotatable bonds is 3. The van der Waals surface area contributed by atoms with Crippen LogP contribution in [0.1, 0.15) is 19.3 Å². The Hall–Kier alpha value is -1.88. The second-order valence-corrected chi connectivity index (χ2v) is 4.77. The lowest BCUT2D eigenvalue weighted by Gasteiger charge is -2.13. The predicted octanol–water partition coefficient (Wildman–Crippen LogP) is 1.56. The van der Waals surface area contributed by atoms with Crippen molar-refractivity contribution in [1.29, 1.82) is 0 Å². The topological polar surface area (TPSA) is 68.8 Å². The van der Waals surface area contributed by atoms with Crippen molar-refractivity contribution in [3.8, 4) is 5.82 Å². The van der Waals surface area contributed by atoms with Crippen molar-refractivity contribution in [2.75, 3.05) is 5.32 Å². The standard InChI is InChI=1S/C13H17N5/c14-10-2-3-11(8-10)17-12-4-5-13(15-9-12)18-7-1-6-16-18/h1,4-7,9-11,17H,2-3,8,14H2. The van der Waals surface area contributed by atoms with Crippen LogP contribution in [0.2, 0.25) is 0 Å². The Morgan fingerprint density at radius 2 is 2.28 bits per heavy atom. The fraction of sp³-hybridized carbons (Fsp3) is 0.385. The van der Waals surface area contributed by atoms with Gasteiger partial charge in [-0.15, -0.1) is 0 Å². The molecular weight excluding hydrogens is 226 g/mol. The molecule has 0 saturated heterocycles. The molecule has 94 valence electrons. The average molecular weight is 243 g/mol. The maximum Gasteiger partial charge on any atom is 0.153 e. The molecule has 2 unspecified atom stereocenters. The number of hydrogen-bond acceptors (Lipinski definition) is 4. The highest BCUT2D eigenvalue weighted by atomic mass is 15.3. The summed E-state index contributed by atoms with van der Waals surface area (Å²) in [5.74, 6) is 0.827. The maximum absolute atomic E-state index is 5.90. The summed E-state index contributed by atoms with van der Waals surface area (Å²) in [4.78, 5) is 4.39. The molecule has 3 rings (SSSR count). The minimum absolute atomic E-state index is 0.346. The normalized spacial score (nSPS) is 23.2. The molecule has 1 fully saturated rings. The second kappa shape index (κ2) is 4.78. The lowest BCUT2D eigenvalue weighted by molar-refractivity contribution is 0.687. The summed E-state index contributed by atoms with van der Waals surface area (Å²) in [6, 6.07) is 6.71. The van der Waals surface area contributed by atoms with E-state index >= 15 is 0 Å². The third-order valence-electron chi connectivity index (χ3n) is 3.33. The molecule has 2 aromatic heterocycles. The van der Waals surface area contributed by atoms with E-state index in [1.807, 2.05) is 30.6 Å². The van der Waals surface area contributed by atoms with Crippen molar-refractivity contribution in [2.45, 2.75) is 31.3 Å². The highest BCUT2D eigenvalue weighted by molar-refractivity contribution is 5.44. The summed E-state index contributed by atoms with van der Waals surface area (Å²) in [5.41, 5.74) is 6.95. The van der Waals surface area contributed by atoms with Gasteiger partial charge in [0.2, 0.25) is 0 Å². The van der Waals surface area contributed by atoms with Crippen LogP contribution in [-0.2, 0) is 0 Å². The summed E-state index contributed by atoms with van der Waals surface area (Å²) in [5, 5.41) is 7.62. The molecular formula is C13H17N5. The van der Waals surface area contributed by atoms with Crippen LogP contribution in [0.15, 0.2) is 36.8 Å². The number of nitrogens with two attached hydrogens (primary N) is 1. The van der Waals surface area contributed by atoms with Crippen molar-refractivity contribution in [2.24, 2.45) is 5.73 Å². The Balaban J connectivity index is 1.68. The van der Waals surface area contributed by atoms with Gasteiger partial charge in [0.25, 0.3) is 0 Å². The molecule has 0 amide bonds. The van der Waals surface area contributed by atoms with Gasteiger partial charge in [-0.05, 0) is 37.5 Å². The van der Waals surface area contributed by atoms with Gasteiger partial charge in [-0.3, -0.25) is 0 Å². The summed E-state index contributed by atoms with van der Waals surface area (Å²) in [6.07, 6.45) is 8.76. The molecule has 0 bridgehead atoms. The molecule has 0 radical (unpaired) electrons. The molecule has 5 nitrogen and oxygen atoms in total. The van der Waals surface area contributed by atoms with Gasteiger partial charge >= 0.3 is 0 Å². The van der Waals surface area contributed by atoms with Crippen LogP contribution >= 0.6 is 0 Å². The van der Waals surface area contributed by atoms with Gasteiger partial charge in [-0.2, -0.15) is 5.10 Å². The number of aromatic nitrogens is 3. The van der Waals surface area contributed by atoms with Gasteiger partial charge in [0.05, 0.1) is 11.9 Å². The van der Waals surface area contributed by atoms with E-state index < -0.39 is 0 Å². The van der Waals surface area contributed by atoms with Crippen molar-refractivity contribution in [3.05, 3.63) is 36.8 Å². The number of pyridine rings is 1. The monoisotopic (exact) mass is 243 g/mol. The Morgan fingerprint density at radius 3 is 2.89 bits per heavy atom. The van der Waals surface area contributed by atoms with E-state index in [9.17, 15) is 0 Å². The molecule has 2 heterocycles. The average Bonchev–Trinajstić information content (AvgIpc) is 3.02. The van der Waals surface area contributed by atoms with Crippen LogP contribution in [-0.4, -0.2) is 26.8 Å². The lowest BCUT2D eigenvalue weighted by atomic mass is 10.2. The van der Waals surface area contributed by atoms with E-state index in [1.54, 1.807) is 10.9 Å². The maximum atomic E-state index is 5.90. The zero-order valence-corrected chi connectivity index (χ0v) is 10.2. The molecule has 2 atom stereocenters. The van der Waals surface area contributed by atoms with E-state index in [1.165, 1.54) is 0 Å². The highest BCUT2D eigenvalue weighted by Crippen LogP contribution is 2.21. The number of nitrogens with zero attached hydrogens (tertiary/aromatic N) is 3. The first kappa shape index (κ1) is 11.2. The molecule has 0 aliphatic heterocycles. The molecule has 0 spiro atoms. The van der Waals surface area contributed by atoms with E-state index in [2.05, 4.69) is 15.4 Å². The van der Waals surface area contributed by atoms with Gasteiger partial charge in [0.15, 0.2) is 5.82 Å². The second-order valence-electron chi connectivity index (χ2n) is 4.77. The summed E-state index contributed by atoms with van der Waals surface area (Å²) < 4.78 is 1.75. The first-order valence-corrected chi connectivity index (χ1v) is 6.29. The molecule has 0 aromatic carbocycles. The Morgan fingerprint density at radius 1 is 1.33 bits per heavy atom. The third kappa shape index (κ3) is 2.36. The molecule has 1 aliphatic carbocycles. The van der Waals surface area contributed by atoms with Crippen LogP contribution < -0.4 is 11.1 Å². The van der Waals surface area contributed by atoms with Crippen molar-refractivity contribution in [1.82, 2.24) is 14.8 Å². The van der Waals surface area contributed by atoms with Crippen LogP contribution in [0, 0.1) is 0 Å². The van der Waals surface area contributed by atoms with Gasteiger partial charge in [0.1, 0.15) is 0 Å². The van der Waals surface area contributed by atoms with Crippen LogP contribution in [0.5, 0.6) is 0 Å². The van der Waals surface area contributed by atoms with Crippen LogP contribution in [0.25, 0.3) is 5.82 Å². The first-order chi connectivity index (χ1) is 8.81. The zero-order valence-electron chi connectivity index (χ0n) is 10.2. The van der Waals surface area contributed by atoms with E-state index in [-0.39, 0.29) is 0 Å². The number of nitrogens with one attached hydrogen (secondary N) is 1. The fourth-order valence-electron chi connectivity index (χ4n) is 2.39. The number of anilines is 1.